The first-order valence-electron chi connectivity index (χ1n) is 11.4. The van der Waals surface area contributed by atoms with E-state index in [9.17, 15) is 0 Å². The van der Waals surface area contributed by atoms with Crippen LogP contribution >= 0.6 is 0 Å². The van der Waals surface area contributed by atoms with Crippen LogP contribution in [-0.2, 0) is 4.74 Å². The Labute approximate surface area is 169 Å². The molecular weight excluding hydrogens is 330 g/mol. The van der Waals surface area contributed by atoms with Gasteiger partial charge in [-0.1, -0.05) is 65.5 Å². The second kappa shape index (κ2) is 9.63. The van der Waals surface area contributed by atoms with Crippen LogP contribution in [0, 0.1) is 10.8 Å². The largest absolute Gasteiger partial charge is 0.497 e. The molecule has 0 unspecified atom stereocenters. The molecule has 1 fully saturated rings. The summed E-state index contributed by atoms with van der Waals surface area (Å²) in [5.41, 5.74) is 2.22. The van der Waals surface area contributed by atoms with Crippen molar-refractivity contribution >= 4 is 0 Å². The van der Waals surface area contributed by atoms with Gasteiger partial charge in [0.05, 0.1) is 5.76 Å². The lowest BCUT2D eigenvalue weighted by Gasteiger charge is -2.37. The van der Waals surface area contributed by atoms with Gasteiger partial charge in [-0.25, -0.2) is 0 Å². The molecule has 0 radical (unpaired) electrons. The molecule has 0 aromatic heterocycles. The second-order valence-corrected chi connectivity index (χ2v) is 10.9. The Morgan fingerprint density at radius 1 is 1.00 bits per heavy atom. The van der Waals surface area contributed by atoms with Crippen LogP contribution < -0.4 is 0 Å². The van der Waals surface area contributed by atoms with Crippen LogP contribution in [0.2, 0.25) is 0 Å². The quantitative estimate of drug-likeness (QED) is 0.448. The first-order valence-corrected chi connectivity index (χ1v) is 11.4. The van der Waals surface area contributed by atoms with Gasteiger partial charge in [0.2, 0.25) is 0 Å². The van der Waals surface area contributed by atoms with Gasteiger partial charge in [-0.15, -0.1) is 0 Å². The van der Waals surface area contributed by atoms with Crippen molar-refractivity contribution in [3.63, 3.8) is 0 Å². The molecule has 2 nitrogen and oxygen atoms in total. The molecule has 1 saturated carbocycles. The molecule has 0 heterocycles. The third kappa shape index (κ3) is 7.29. The van der Waals surface area contributed by atoms with Crippen molar-refractivity contribution in [3.8, 4) is 0 Å². The van der Waals surface area contributed by atoms with Crippen molar-refractivity contribution in [1.82, 2.24) is 4.90 Å². The number of rotatable bonds is 8. The summed E-state index contributed by atoms with van der Waals surface area (Å²) in [5.74, 6) is 1.18. The predicted molar refractivity (Wildman–Crippen MR) is 118 cm³/mol. The van der Waals surface area contributed by atoms with Gasteiger partial charge in [0, 0.05) is 25.0 Å². The van der Waals surface area contributed by atoms with Gasteiger partial charge in [-0.05, 0) is 56.4 Å². The van der Waals surface area contributed by atoms with Crippen LogP contribution in [0.3, 0.4) is 0 Å². The summed E-state index contributed by atoms with van der Waals surface area (Å²) in [6.07, 6.45) is 15.0. The fourth-order valence-electron chi connectivity index (χ4n) is 5.30. The molecule has 0 bridgehead atoms. The lowest BCUT2D eigenvalue weighted by Crippen LogP contribution is -2.43. The molecule has 0 aromatic carbocycles. The highest BCUT2D eigenvalue weighted by Gasteiger charge is 2.30. The van der Waals surface area contributed by atoms with Crippen LogP contribution in [-0.4, -0.2) is 30.1 Å². The molecule has 0 aromatic rings. The third-order valence-corrected chi connectivity index (χ3v) is 6.30. The maximum Gasteiger partial charge on any atom is 0.100 e. The van der Waals surface area contributed by atoms with E-state index in [1.807, 2.05) is 0 Å². The number of allylic oxidation sites excluding steroid dienone is 4. The van der Waals surface area contributed by atoms with Crippen molar-refractivity contribution in [3.05, 3.63) is 23.5 Å². The SMILES string of the molecule is CC(C)N(CCOC1=CC=C(C(C)(C)CC(C)(C)C)CC1)C1CCCCC1. The molecule has 27 heavy (non-hydrogen) atoms. The van der Waals surface area contributed by atoms with Gasteiger partial charge < -0.3 is 4.74 Å². The van der Waals surface area contributed by atoms with E-state index in [0.29, 0.717) is 11.5 Å². The normalized spacial score (nSPS) is 20.0. The molecule has 2 rings (SSSR count). The van der Waals surface area contributed by atoms with Crippen LogP contribution in [0.5, 0.6) is 0 Å². The van der Waals surface area contributed by atoms with E-state index in [0.717, 1.165) is 32.0 Å². The first-order chi connectivity index (χ1) is 12.6. The Hall–Kier alpha value is -0.760. The molecule has 0 spiro atoms. The van der Waals surface area contributed by atoms with Gasteiger partial charge in [-0.3, -0.25) is 4.90 Å². The summed E-state index contributed by atoms with van der Waals surface area (Å²) in [7, 11) is 0. The number of hydrogen-bond acceptors (Lipinski definition) is 2. The Kier molecular flexibility index (Phi) is 8.04. The van der Waals surface area contributed by atoms with Crippen LogP contribution in [0.25, 0.3) is 0 Å². The Morgan fingerprint density at radius 3 is 2.19 bits per heavy atom. The maximum atomic E-state index is 6.19. The highest BCUT2D eigenvalue weighted by molar-refractivity contribution is 5.25. The standard InChI is InChI=1S/C25H45NO/c1-20(2)26(22-11-9-8-10-12-22)17-18-27-23-15-13-21(14-16-23)25(6,7)19-24(3,4)5/h13,15,20,22H,8-12,14,16-19H2,1-7H3. The Morgan fingerprint density at radius 2 is 1.67 bits per heavy atom. The maximum absolute atomic E-state index is 6.19. The number of ether oxygens (including phenoxy) is 1. The average molecular weight is 376 g/mol. The van der Waals surface area contributed by atoms with E-state index in [1.165, 1.54) is 44.3 Å². The Balaban J connectivity index is 1.85. The summed E-state index contributed by atoms with van der Waals surface area (Å²) in [5, 5.41) is 0. The predicted octanol–water partition coefficient (Wildman–Crippen LogP) is 7.11. The molecule has 0 atom stereocenters. The number of hydrogen-bond donors (Lipinski definition) is 0. The fourth-order valence-corrected chi connectivity index (χ4v) is 5.30. The Bertz CT molecular complexity index is 515. The summed E-state index contributed by atoms with van der Waals surface area (Å²) in [4.78, 5) is 2.68. The van der Waals surface area contributed by atoms with E-state index in [-0.39, 0.29) is 5.41 Å². The van der Waals surface area contributed by atoms with E-state index < -0.39 is 0 Å². The zero-order valence-corrected chi connectivity index (χ0v) is 19.2. The molecule has 0 N–H and O–H groups in total. The molecular formula is C25H45NO. The van der Waals surface area contributed by atoms with Gasteiger partial charge in [0.25, 0.3) is 0 Å². The van der Waals surface area contributed by atoms with Crippen molar-refractivity contribution < 1.29 is 4.74 Å². The van der Waals surface area contributed by atoms with Crippen LogP contribution in [0.4, 0.5) is 0 Å². The van der Waals surface area contributed by atoms with Crippen LogP contribution in [0.15, 0.2) is 23.5 Å². The minimum Gasteiger partial charge on any atom is -0.497 e. The molecule has 2 aliphatic carbocycles. The monoisotopic (exact) mass is 375 g/mol. The molecule has 0 aliphatic heterocycles. The molecule has 2 aliphatic rings. The fraction of sp³-hybridized carbons (Fsp3) is 0.840. The van der Waals surface area contributed by atoms with Gasteiger partial charge in [0.1, 0.15) is 6.61 Å². The van der Waals surface area contributed by atoms with E-state index >= 15 is 0 Å². The van der Waals surface area contributed by atoms with E-state index in [1.54, 1.807) is 5.57 Å². The van der Waals surface area contributed by atoms with E-state index in [2.05, 4.69) is 65.5 Å². The summed E-state index contributed by atoms with van der Waals surface area (Å²) in [6, 6.07) is 1.38. The third-order valence-electron chi connectivity index (χ3n) is 6.30. The highest BCUT2D eigenvalue weighted by Crippen LogP contribution is 2.42. The first kappa shape index (κ1) is 22.5. The summed E-state index contributed by atoms with van der Waals surface area (Å²) in [6.45, 7) is 18.4. The highest BCUT2D eigenvalue weighted by atomic mass is 16.5. The van der Waals surface area contributed by atoms with Crippen molar-refractivity contribution in [2.75, 3.05) is 13.2 Å². The van der Waals surface area contributed by atoms with Crippen molar-refractivity contribution in [2.45, 2.75) is 112 Å². The average Bonchev–Trinajstić information content (AvgIpc) is 2.57. The van der Waals surface area contributed by atoms with Crippen molar-refractivity contribution in [2.24, 2.45) is 10.8 Å². The molecule has 0 amide bonds. The molecule has 2 heteroatoms. The number of nitrogens with zero attached hydrogens (tertiary/aromatic N) is 1. The molecule has 156 valence electrons. The van der Waals surface area contributed by atoms with Gasteiger partial charge in [0.15, 0.2) is 0 Å². The topological polar surface area (TPSA) is 12.5 Å². The zero-order valence-electron chi connectivity index (χ0n) is 19.2. The lowest BCUT2D eigenvalue weighted by molar-refractivity contribution is 0.0802. The smallest absolute Gasteiger partial charge is 0.100 e. The lowest BCUT2D eigenvalue weighted by atomic mass is 9.70. The summed E-state index contributed by atoms with van der Waals surface area (Å²) < 4.78 is 6.19. The minimum absolute atomic E-state index is 0.274. The summed E-state index contributed by atoms with van der Waals surface area (Å²) >= 11 is 0. The van der Waals surface area contributed by atoms with Gasteiger partial charge >= 0.3 is 0 Å². The second-order valence-electron chi connectivity index (χ2n) is 10.9. The zero-order chi connectivity index (χ0) is 20.1. The van der Waals surface area contributed by atoms with Crippen LogP contribution in [0.1, 0.15) is 99.8 Å². The van der Waals surface area contributed by atoms with E-state index in [4.69, 9.17) is 4.74 Å². The van der Waals surface area contributed by atoms with Crippen molar-refractivity contribution in [1.29, 1.82) is 0 Å². The van der Waals surface area contributed by atoms with Gasteiger partial charge in [-0.2, -0.15) is 0 Å². The minimum atomic E-state index is 0.274. The molecule has 0 saturated heterocycles.